The first-order valence-electron chi connectivity index (χ1n) is 7.91. The number of ketones is 1. The molecule has 26 heavy (non-hydrogen) atoms. The molecule has 0 aliphatic heterocycles. The number of anilines is 1. The highest BCUT2D eigenvalue weighted by molar-refractivity contribution is 7.92. The first kappa shape index (κ1) is 17.7. The second-order valence-electron chi connectivity index (χ2n) is 5.61. The number of carbonyl (C=O) groups is 1. The molecule has 0 fully saturated rings. The summed E-state index contributed by atoms with van der Waals surface area (Å²) in [4.78, 5) is 12.6. The average molecular weight is 367 g/mol. The van der Waals surface area contributed by atoms with E-state index >= 15 is 0 Å². The Labute approximate surface area is 152 Å². The van der Waals surface area contributed by atoms with Crippen LogP contribution in [0.3, 0.4) is 0 Å². The molecule has 3 aromatic rings. The van der Waals surface area contributed by atoms with Gasteiger partial charge >= 0.3 is 0 Å². The molecule has 132 valence electrons. The van der Waals surface area contributed by atoms with Gasteiger partial charge in [0, 0.05) is 5.56 Å². The highest BCUT2D eigenvalue weighted by Gasteiger charge is 2.17. The second-order valence-corrected chi connectivity index (χ2v) is 7.29. The van der Waals surface area contributed by atoms with Crippen LogP contribution in [0.15, 0.2) is 82.1 Å². The summed E-state index contributed by atoms with van der Waals surface area (Å²) in [5, 5.41) is 0. The van der Waals surface area contributed by atoms with Gasteiger partial charge in [0.2, 0.25) is 0 Å². The largest absolute Gasteiger partial charge is 0.462 e. The number of sulfonamides is 1. The Morgan fingerprint density at radius 2 is 1.65 bits per heavy atom. The number of para-hydroxylation sites is 1. The number of benzene rings is 2. The van der Waals surface area contributed by atoms with E-state index in [9.17, 15) is 13.2 Å². The molecule has 3 rings (SSSR count). The fraction of sp³-hybridized carbons (Fsp3) is 0.0500. The number of carbonyl (C=O) groups excluding carboxylic acids is 1. The van der Waals surface area contributed by atoms with Crippen LogP contribution in [-0.2, 0) is 10.0 Å². The van der Waals surface area contributed by atoms with E-state index in [1.54, 1.807) is 60.7 Å². The number of hydrogen-bond acceptors (Lipinski definition) is 4. The Morgan fingerprint density at radius 3 is 2.35 bits per heavy atom. The SMILES string of the molecule is Cc1ccc(/C=C\C(=O)c2ccccc2NS(=O)(=O)c2ccccc2)o1. The summed E-state index contributed by atoms with van der Waals surface area (Å²) in [5.41, 5.74) is 0.480. The normalized spacial score (nSPS) is 11.6. The summed E-state index contributed by atoms with van der Waals surface area (Å²) >= 11 is 0. The zero-order chi connectivity index (χ0) is 18.6. The second kappa shape index (κ2) is 7.41. The van der Waals surface area contributed by atoms with E-state index in [0.29, 0.717) is 5.76 Å². The molecular formula is C20H17NO4S. The standard InChI is InChI=1S/C20H17NO4S/c1-15-11-12-16(25-15)13-14-20(22)18-9-5-6-10-19(18)21-26(23,24)17-7-3-2-4-8-17/h2-14,21H,1H3/b14-13-. The molecule has 0 radical (unpaired) electrons. The molecule has 0 unspecified atom stereocenters. The van der Waals surface area contributed by atoms with E-state index < -0.39 is 10.0 Å². The van der Waals surface area contributed by atoms with Crippen molar-refractivity contribution >= 4 is 27.6 Å². The molecule has 5 nitrogen and oxygen atoms in total. The fourth-order valence-corrected chi connectivity index (χ4v) is 3.48. The van der Waals surface area contributed by atoms with Crippen molar-refractivity contribution in [3.05, 3.63) is 89.9 Å². The minimum absolute atomic E-state index is 0.129. The number of furan rings is 1. The van der Waals surface area contributed by atoms with Gasteiger partial charge < -0.3 is 4.42 Å². The fourth-order valence-electron chi connectivity index (χ4n) is 2.38. The maximum Gasteiger partial charge on any atom is 0.261 e. The highest BCUT2D eigenvalue weighted by Crippen LogP contribution is 2.21. The number of rotatable bonds is 6. The first-order valence-corrected chi connectivity index (χ1v) is 9.40. The molecule has 0 bridgehead atoms. The Morgan fingerprint density at radius 1 is 0.962 bits per heavy atom. The van der Waals surface area contributed by atoms with Gasteiger partial charge in [-0.3, -0.25) is 9.52 Å². The van der Waals surface area contributed by atoms with Crippen molar-refractivity contribution in [1.29, 1.82) is 0 Å². The third-order valence-corrected chi connectivity index (χ3v) is 5.03. The summed E-state index contributed by atoms with van der Waals surface area (Å²) in [6, 6.07) is 18.0. The monoisotopic (exact) mass is 367 g/mol. The lowest BCUT2D eigenvalue weighted by molar-refractivity contribution is 0.104. The summed E-state index contributed by atoms with van der Waals surface area (Å²) in [6.07, 6.45) is 2.91. The number of allylic oxidation sites excluding steroid dienone is 1. The molecule has 2 aromatic carbocycles. The van der Waals surface area contributed by atoms with Crippen molar-refractivity contribution in [2.24, 2.45) is 0 Å². The maximum atomic E-state index is 12.5. The highest BCUT2D eigenvalue weighted by atomic mass is 32.2. The van der Waals surface area contributed by atoms with E-state index in [-0.39, 0.29) is 21.9 Å². The van der Waals surface area contributed by atoms with Crippen LogP contribution in [0, 0.1) is 6.92 Å². The number of aryl methyl sites for hydroxylation is 1. The lowest BCUT2D eigenvalue weighted by Crippen LogP contribution is -2.15. The number of nitrogens with one attached hydrogen (secondary N) is 1. The molecule has 1 heterocycles. The summed E-state index contributed by atoms with van der Waals surface area (Å²) < 4.78 is 32.9. The van der Waals surface area contributed by atoms with Crippen molar-refractivity contribution in [2.75, 3.05) is 4.72 Å². The molecule has 0 aliphatic rings. The van der Waals surface area contributed by atoms with Gasteiger partial charge in [0.1, 0.15) is 11.5 Å². The van der Waals surface area contributed by atoms with E-state index in [4.69, 9.17) is 4.42 Å². The molecule has 0 saturated heterocycles. The molecule has 0 saturated carbocycles. The van der Waals surface area contributed by atoms with Crippen LogP contribution >= 0.6 is 0 Å². The zero-order valence-corrected chi connectivity index (χ0v) is 14.9. The Kier molecular flexibility index (Phi) is 5.04. The van der Waals surface area contributed by atoms with Crippen LogP contribution < -0.4 is 4.72 Å². The molecular weight excluding hydrogens is 350 g/mol. The van der Waals surface area contributed by atoms with Gasteiger partial charge in [-0.1, -0.05) is 30.3 Å². The van der Waals surface area contributed by atoms with E-state index in [1.165, 1.54) is 18.2 Å². The summed E-state index contributed by atoms with van der Waals surface area (Å²) in [7, 11) is -3.78. The average Bonchev–Trinajstić information content (AvgIpc) is 3.06. The summed E-state index contributed by atoms with van der Waals surface area (Å²) in [5.74, 6) is 0.969. The van der Waals surface area contributed by atoms with Crippen LogP contribution in [0.5, 0.6) is 0 Å². The Balaban J connectivity index is 1.86. The Bertz CT molecular complexity index is 1050. The van der Waals surface area contributed by atoms with E-state index in [0.717, 1.165) is 5.76 Å². The van der Waals surface area contributed by atoms with Gasteiger partial charge in [-0.2, -0.15) is 0 Å². The predicted octanol–water partition coefficient (Wildman–Crippen LogP) is 4.28. The quantitative estimate of drug-likeness (QED) is 0.521. The van der Waals surface area contributed by atoms with Crippen LogP contribution in [0.4, 0.5) is 5.69 Å². The molecule has 1 N–H and O–H groups in total. The van der Waals surface area contributed by atoms with Gasteiger partial charge in [0.15, 0.2) is 5.78 Å². The number of hydrogen-bond donors (Lipinski definition) is 1. The molecule has 0 atom stereocenters. The Hall–Kier alpha value is -3.12. The van der Waals surface area contributed by atoms with Crippen LogP contribution in [-0.4, -0.2) is 14.2 Å². The predicted molar refractivity (Wildman–Crippen MR) is 101 cm³/mol. The lowest BCUT2D eigenvalue weighted by Gasteiger charge is -2.11. The first-order chi connectivity index (χ1) is 12.5. The van der Waals surface area contributed by atoms with Gasteiger partial charge in [-0.05, 0) is 55.5 Å². The van der Waals surface area contributed by atoms with Crippen LogP contribution in [0.1, 0.15) is 21.9 Å². The van der Waals surface area contributed by atoms with Crippen LogP contribution in [0.25, 0.3) is 6.08 Å². The smallest absolute Gasteiger partial charge is 0.261 e. The van der Waals surface area contributed by atoms with E-state index in [2.05, 4.69) is 4.72 Å². The van der Waals surface area contributed by atoms with Crippen LogP contribution in [0.2, 0.25) is 0 Å². The summed E-state index contributed by atoms with van der Waals surface area (Å²) in [6.45, 7) is 1.81. The zero-order valence-electron chi connectivity index (χ0n) is 14.0. The third-order valence-electron chi connectivity index (χ3n) is 3.65. The van der Waals surface area contributed by atoms with Crippen molar-refractivity contribution in [3.63, 3.8) is 0 Å². The topological polar surface area (TPSA) is 76.4 Å². The van der Waals surface area contributed by atoms with Gasteiger partial charge in [-0.15, -0.1) is 0 Å². The van der Waals surface area contributed by atoms with Crippen molar-refractivity contribution in [1.82, 2.24) is 0 Å². The van der Waals surface area contributed by atoms with Crippen molar-refractivity contribution in [2.45, 2.75) is 11.8 Å². The molecule has 0 amide bonds. The van der Waals surface area contributed by atoms with E-state index in [1.807, 2.05) is 6.92 Å². The van der Waals surface area contributed by atoms with Gasteiger partial charge in [0.25, 0.3) is 10.0 Å². The van der Waals surface area contributed by atoms with Crippen molar-refractivity contribution < 1.29 is 17.6 Å². The molecule has 6 heteroatoms. The van der Waals surface area contributed by atoms with Crippen molar-refractivity contribution in [3.8, 4) is 0 Å². The molecule has 0 spiro atoms. The minimum Gasteiger partial charge on any atom is -0.462 e. The third kappa shape index (κ3) is 4.10. The maximum absolute atomic E-state index is 12.5. The minimum atomic E-state index is -3.78. The molecule has 0 aliphatic carbocycles. The van der Waals surface area contributed by atoms with Gasteiger partial charge in [0.05, 0.1) is 10.6 Å². The van der Waals surface area contributed by atoms with Gasteiger partial charge in [-0.25, -0.2) is 8.42 Å². The lowest BCUT2D eigenvalue weighted by atomic mass is 10.1. The molecule has 1 aromatic heterocycles.